The van der Waals surface area contributed by atoms with Gasteiger partial charge in [0.15, 0.2) is 0 Å². The van der Waals surface area contributed by atoms with E-state index in [0.29, 0.717) is 10.6 Å². The van der Waals surface area contributed by atoms with E-state index in [0.717, 1.165) is 0 Å². The largest absolute Gasteiger partial charge is 0.321 e. The molecular weight excluding hydrogens is 330 g/mol. The summed E-state index contributed by atoms with van der Waals surface area (Å²) in [7, 11) is 0. The van der Waals surface area contributed by atoms with E-state index in [1.54, 1.807) is 29.6 Å². The average molecular weight is 345 g/mol. The quantitative estimate of drug-likeness (QED) is 0.640. The smallest absolute Gasteiger partial charge is 0.262 e. The molecule has 0 spiro atoms. The van der Waals surface area contributed by atoms with Crippen LogP contribution in [0.4, 0.5) is 0 Å². The Morgan fingerprint density at radius 2 is 1.84 bits per heavy atom. The van der Waals surface area contributed by atoms with E-state index in [1.165, 1.54) is 0 Å². The van der Waals surface area contributed by atoms with Crippen molar-refractivity contribution in [2.45, 2.75) is 29.8 Å². The molecule has 0 unspecified atom stereocenters. The van der Waals surface area contributed by atoms with Crippen LogP contribution in [0.15, 0.2) is 24.3 Å². The molecule has 1 atom stereocenters. The van der Waals surface area contributed by atoms with Crippen LogP contribution in [0.5, 0.6) is 0 Å². The highest BCUT2D eigenvalue weighted by Crippen LogP contribution is 2.27. The van der Waals surface area contributed by atoms with Crippen LogP contribution in [0, 0.1) is 0 Å². The zero-order valence-corrected chi connectivity index (χ0v) is 13.5. The molecule has 0 bridgehead atoms. The molecule has 0 fully saturated rings. The first kappa shape index (κ1) is 16.9. The molecule has 0 saturated carbocycles. The first-order valence-electron chi connectivity index (χ1n) is 5.69. The fourth-order valence-corrected chi connectivity index (χ4v) is 2.09. The Kier molecular flexibility index (Phi) is 6.21. The van der Waals surface area contributed by atoms with Crippen LogP contribution in [-0.2, 0) is 0 Å². The molecule has 0 heterocycles. The van der Waals surface area contributed by atoms with Crippen LogP contribution in [0.25, 0.3) is 0 Å². The second-order valence-electron chi connectivity index (χ2n) is 4.41. The summed E-state index contributed by atoms with van der Waals surface area (Å²) in [6, 6.07) is 6.87. The average Bonchev–Trinajstić information content (AvgIpc) is 2.26. The number of halogens is 4. The number of nitrogens with one attached hydrogen (secondary N) is 1. The zero-order chi connectivity index (χ0) is 14.6. The first-order valence-corrected chi connectivity index (χ1v) is 7.20. The maximum atomic E-state index is 12.1. The summed E-state index contributed by atoms with van der Waals surface area (Å²) in [6.07, 6.45) is -0.693. The van der Waals surface area contributed by atoms with Gasteiger partial charge in [-0.3, -0.25) is 10.1 Å². The van der Waals surface area contributed by atoms with E-state index in [4.69, 9.17) is 46.4 Å². The molecule has 3 N–H and O–H groups in total. The van der Waals surface area contributed by atoms with Crippen LogP contribution in [0.2, 0.25) is 5.02 Å². The van der Waals surface area contributed by atoms with Crippen molar-refractivity contribution in [2.24, 2.45) is 0 Å². The molecule has 1 aromatic carbocycles. The Bertz CT molecular complexity index is 446. The summed E-state index contributed by atoms with van der Waals surface area (Å²) in [5.41, 5.74) is 0.348. The summed E-state index contributed by atoms with van der Waals surface area (Å²) in [4.78, 5) is 12.1. The van der Waals surface area contributed by atoms with Gasteiger partial charge in [0.1, 0.15) is 0 Å². The van der Waals surface area contributed by atoms with Crippen LogP contribution < -0.4 is 10.6 Å². The maximum absolute atomic E-state index is 12.1. The molecule has 1 rings (SSSR count). The number of nitrogens with two attached hydrogens (primary N) is 1. The Balaban J connectivity index is 2.86. The fraction of sp³-hybridized carbons (Fsp3) is 0.417. The summed E-state index contributed by atoms with van der Waals surface area (Å²) in [5.74, 6) is -0.376. The molecule has 1 amide bonds. The van der Waals surface area contributed by atoms with Crippen molar-refractivity contribution in [1.29, 1.82) is 0 Å². The Hall–Kier alpha value is -0.190. The van der Waals surface area contributed by atoms with Gasteiger partial charge in [-0.15, -0.1) is 0 Å². The van der Waals surface area contributed by atoms with Gasteiger partial charge in [0, 0.05) is 0 Å². The van der Waals surface area contributed by atoms with Gasteiger partial charge in [-0.25, -0.2) is 0 Å². The molecule has 3 nitrogen and oxygen atoms in total. The van der Waals surface area contributed by atoms with Gasteiger partial charge in [-0.1, -0.05) is 58.5 Å². The number of amides is 1. The predicted octanol–water partition coefficient (Wildman–Crippen LogP) is 2.74. The Morgan fingerprint density at radius 1 is 1.26 bits per heavy atom. The van der Waals surface area contributed by atoms with Crippen molar-refractivity contribution in [3.05, 3.63) is 34.9 Å². The molecule has 0 saturated heterocycles. The topological polar surface area (TPSA) is 45.7 Å². The second-order valence-corrected chi connectivity index (χ2v) is 7.19. The highest BCUT2D eigenvalue weighted by molar-refractivity contribution is 6.68. The molecule has 7 heteroatoms. The highest BCUT2D eigenvalue weighted by atomic mass is 35.6. The fourth-order valence-electron chi connectivity index (χ4n) is 1.49. The van der Waals surface area contributed by atoms with Crippen LogP contribution in [0.1, 0.15) is 24.2 Å². The minimum Gasteiger partial charge on any atom is -0.321 e. The number of rotatable bonds is 4. The zero-order valence-electron chi connectivity index (χ0n) is 10.5. The summed E-state index contributed by atoms with van der Waals surface area (Å²) < 4.78 is -1.61. The number of alkyl halides is 3. The molecule has 0 aliphatic heterocycles. The van der Waals surface area contributed by atoms with Crippen molar-refractivity contribution in [3.8, 4) is 0 Å². The van der Waals surface area contributed by atoms with Gasteiger partial charge in [-0.05, 0) is 26.0 Å². The van der Waals surface area contributed by atoms with E-state index < -0.39 is 9.96 Å². The van der Waals surface area contributed by atoms with Gasteiger partial charge >= 0.3 is 0 Å². The van der Waals surface area contributed by atoms with Gasteiger partial charge in [-0.2, -0.15) is 0 Å². The SMILES string of the molecule is CC(C)[NH2+][C@H](NC(=O)c1ccccc1Cl)C(Cl)(Cl)Cl. The minimum absolute atomic E-state index is 0.159. The van der Waals surface area contributed by atoms with Crippen molar-refractivity contribution < 1.29 is 10.1 Å². The van der Waals surface area contributed by atoms with Gasteiger partial charge < -0.3 is 5.32 Å². The van der Waals surface area contributed by atoms with Crippen molar-refractivity contribution in [1.82, 2.24) is 5.32 Å². The molecule has 0 aromatic heterocycles. The number of carbonyl (C=O) groups is 1. The van der Waals surface area contributed by atoms with Crippen LogP contribution in [-0.4, -0.2) is 21.9 Å². The molecule has 1 aromatic rings. The van der Waals surface area contributed by atoms with Gasteiger partial charge in [0.25, 0.3) is 9.70 Å². The van der Waals surface area contributed by atoms with E-state index in [1.807, 2.05) is 13.8 Å². The third kappa shape index (κ3) is 5.36. The lowest BCUT2D eigenvalue weighted by Gasteiger charge is -2.25. The van der Waals surface area contributed by atoms with Crippen molar-refractivity contribution >= 4 is 52.3 Å². The molecule has 0 radical (unpaired) electrons. The molecule has 0 aliphatic carbocycles. The molecular formula is C12H15Cl4N2O+. The lowest BCUT2D eigenvalue weighted by atomic mass is 10.2. The maximum Gasteiger partial charge on any atom is 0.262 e. The van der Waals surface area contributed by atoms with E-state index in [-0.39, 0.29) is 11.9 Å². The molecule has 0 aliphatic rings. The third-order valence-corrected chi connectivity index (χ3v) is 3.37. The number of carbonyl (C=O) groups excluding carboxylic acids is 1. The van der Waals surface area contributed by atoms with E-state index in [2.05, 4.69) is 5.32 Å². The standard InChI is InChI=1S/C12H14Cl4N2O/c1-7(2)17-11(12(14,15)16)18-10(19)8-5-3-4-6-9(8)13/h3-7,11,17H,1-2H3,(H,18,19)/p+1/t11-/m1/s1. The van der Waals surface area contributed by atoms with Crippen molar-refractivity contribution in [3.63, 3.8) is 0 Å². The molecule has 106 valence electrons. The first-order chi connectivity index (χ1) is 8.71. The molecule has 19 heavy (non-hydrogen) atoms. The highest BCUT2D eigenvalue weighted by Gasteiger charge is 2.38. The van der Waals surface area contributed by atoms with E-state index in [9.17, 15) is 4.79 Å². The Labute approximate surface area is 132 Å². The summed E-state index contributed by atoms with van der Waals surface area (Å²) in [5, 5.41) is 4.79. The predicted molar refractivity (Wildman–Crippen MR) is 80.1 cm³/mol. The number of hydrogen-bond acceptors (Lipinski definition) is 1. The lowest BCUT2D eigenvalue weighted by molar-refractivity contribution is -0.717. The minimum atomic E-state index is -1.61. The second kappa shape index (κ2) is 7.00. The van der Waals surface area contributed by atoms with E-state index >= 15 is 0 Å². The number of quaternary nitrogens is 1. The Morgan fingerprint density at radius 3 is 2.32 bits per heavy atom. The normalized spacial score (nSPS) is 13.4. The number of benzene rings is 1. The third-order valence-electron chi connectivity index (χ3n) is 2.34. The van der Waals surface area contributed by atoms with Crippen LogP contribution in [0.3, 0.4) is 0 Å². The number of hydrogen-bond donors (Lipinski definition) is 2. The van der Waals surface area contributed by atoms with Crippen molar-refractivity contribution in [2.75, 3.05) is 0 Å². The van der Waals surface area contributed by atoms with Crippen LogP contribution >= 0.6 is 46.4 Å². The lowest BCUT2D eigenvalue weighted by Crippen LogP contribution is -2.99. The summed E-state index contributed by atoms with van der Waals surface area (Å²) >= 11 is 23.6. The summed E-state index contributed by atoms with van der Waals surface area (Å²) in [6.45, 7) is 3.87. The van der Waals surface area contributed by atoms with Gasteiger partial charge in [0.2, 0.25) is 6.17 Å². The van der Waals surface area contributed by atoms with Gasteiger partial charge in [0.05, 0.1) is 16.6 Å². The monoisotopic (exact) mass is 343 g/mol.